The molecule has 1 aromatic rings. The molecule has 1 N–H and O–H groups in total. The van der Waals surface area contributed by atoms with Gasteiger partial charge < -0.3 is 9.84 Å². The van der Waals surface area contributed by atoms with Crippen molar-refractivity contribution in [3.63, 3.8) is 0 Å². The minimum Gasteiger partial charge on any atom is -0.481 e. The number of rotatable bonds is 7. The Morgan fingerprint density at radius 2 is 2.24 bits per heavy atom. The third-order valence-electron chi connectivity index (χ3n) is 2.05. The van der Waals surface area contributed by atoms with Crippen molar-refractivity contribution in [3.8, 4) is 0 Å². The van der Waals surface area contributed by atoms with Gasteiger partial charge in [-0.1, -0.05) is 6.07 Å². The highest BCUT2D eigenvalue weighted by atomic mass is 35.5. The molecule has 0 unspecified atom stereocenters. The van der Waals surface area contributed by atoms with E-state index in [4.69, 9.17) is 21.4 Å². The Bertz CT molecular complexity index is 364. The molecule has 0 aliphatic heterocycles. The second kappa shape index (κ2) is 7.29. The molecule has 0 aliphatic carbocycles. The van der Waals surface area contributed by atoms with Gasteiger partial charge in [0, 0.05) is 17.2 Å². The van der Waals surface area contributed by atoms with Gasteiger partial charge in [-0.25, -0.2) is 0 Å². The van der Waals surface area contributed by atoms with Crippen LogP contribution in [-0.2, 0) is 14.3 Å². The molecular formula is C11H13ClO4S. The summed E-state index contributed by atoms with van der Waals surface area (Å²) in [7, 11) is 0. The van der Waals surface area contributed by atoms with Gasteiger partial charge in [0.15, 0.2) is 0 Å². The zero-order valence-electron chi connectivity index (χ0n) is 9.10. The summed E-state index contributed by atoms with van der Waals surface area (Å²) in [5.41, 5.74) is 0. The highest BCUT2D eigenvalue weighted by Gasteiger charge is 2.17. The molecule has 4 nitrogen and oxygen atoms in total. The number of thiophene rings is 1. The minimum atomic E-state index is -1.01. The molecule has 0 bridgehead atoms. The maximum atomic E-state index is 11.4. The van der Waals surface area contributed by atoms with Crippen LogP contribution >= 0.6 is 22.9 Å². The molecule has 0 amide bonds. The van der Waals surface area contributed by atoms with Crippen LogP contribution in [0.25, 0.3) is 0 Å². The molecule has 17 heavy (non-hydrogen) atoms. The molecule has 94 valence electrons. The summed E-state index contributed by atoms with van der Waals surface area (Å²) in [5.74, 6) is -1.13. The maximum absolute atomic E-state index is 11.4. The molecule has 0 spiro atoms. The molecule has 0 aromatic carbocycles. The van der Waals surface area contributed by atoms with E-state index in [-0.39, 0.29) is 18.9 Å². The second-order valence-electron chi connectivity index (χ2n) is 3.37. The van der Waals surface area contributed by atoms with Gasteiger partial charge in [0.2, 0.25) is 0 Å². The van der Waals surface area contributed by atoms with Crippen molar-refractivity contribution in [2.75, 3.05) is 5.88 Å². The molecule has 0 aliphatic rings. The molecular weight excluding hydrogens is 264 g/mol. The number of alkyl halides is 1. The Morgan fingerprint density at radius 1 is 1.47 bits per heavy atom. The first kappa shape index (κ1) is 14.0. The predicted octanol–water partition coefficient (Wildman–Crippen LogP) is 2.83. The van der Waals surface area contributed by atoms with Gasteiger partial charge in [0.1, 0.15) is 6.10 Å². The Morgan fingerprint density at radius 3 is 2.76 bits per heavy atom. The van der Waals surface area contributed by atoms with Gasteiger partial charge in [-0.15, -0.1) is 22.9 Å². The Balaban J connectivity index is 2.49. The van der Waals surface area contributed by atoms with Crippen molar-refractivity contribution < 1.29 is 19.4 Å². The van der Waals surface area contributed by atoms with E-state index < -0.39 is 11.9 Å². The van der Waals surface area contributed by atoms with E-state index in [0.29, 0.717) is 12.3 Å². The Hall–Kier alpha value is -1.07. The molecule has 1 rings (SSSR count). The summed E-state index contributed by atoms with van der Waals surface area (Å²) >= 11 is 7.13. The first-order chi connectivity index (χ1) is 8.13. The van der Waals surface area contributed by atoms with E-state index >= 15 is 0 Å². The van der Waals surface area contributed by atoms with E-state index in [1.165, 1.54) is 11.3 Å². The average Bonchev–Trinajstić information content (AvgIpc) is 2.79. The number of carbonyl (C=O) groups is 2. The average molecular weight is 277 g/mol. The number of hydrogen-bond acceptors (Lipinski definition) is 4. The lowest BCUT2D eigenvalue weighted by Crippen LogP contribution is -2.12. The van der Waals surface area contributed by atoms with Crippen molar-refractivity contribution in [3.05, 3.63) is 22.4 Å². The summed E-state index contributed by atoms with van der Waals surface area (Å²) in [6, 6.07) is 3.73. The van der Waals surface area contributed by atoms with Crippen LogP contribution in [-0.4, -0.2) is 22.9 Å². The normalized spacial score (nSPS) is 12.1. The van der Waals surface area contributed by atoms with Gasteiger partial charge >= 0.3 is 11.9 Å². The van der Waals surface area contributed by atoms with Gasteiger partial charge in [0.05, 0.1) is 12.8 Å². The molecule has 0 radical (unpaired) electrons. The van der Waals surface area contributed by atoms with Crippen molar-refractivity contribution in [1.29, 1.82) is 0 Å². The lowest BCUT2D eigenvalue weighted by molar-refractivity contribution is -0.152. The zero-order valence-corrected chi connectivity index (χ0v) is 10.7. The quantitative estimate of drug-likeness (QED) is 0.614. The maximum Gasteiger partial charge on any atom is 0.307 e. The Kier molecular flexibility index (Phi) is 6.00. The first-order valence-electron chi connectivity index (χ1n) is 5.14. The van der Waals surface area contributed by atoms with Crippen LogP contribution in [0.4, 0.5) is 0 Å². The predicted molar refractivity (Wildman–Crippen MR) is 65.4 cm³/mol. The fraction of sp³-hybridized carbons (Fsp3) is 0.455. The summed E-state index contributed by atoms with van der Waals surface area (Å²) in [5, 5.41) is 10.3. The fourth-order valence-electron chi connectivity index (χ4n) is 1.26. The molecule has 1 heterocycles. The van der Waals surface area contributed by atoms with E-state index in [2.05, 4.69) is 0 Å². The molecule has 6 heteroatoms. The van der Waals surface area contributed by atoms with E-state index in [1.54, 1.807) is 0 Å². The largest absolute Gasteiger partial charge is 0.481 e. The van der Waals surface area contributed by atoms with E-state index in [9.17, 15) is 9.59 Å². The first-order valence-corrected chi connectivity index (χ1v) is 6.55. The number of aliphatic carboxylic acids is 1. The number of halogens is 1. The van der Waals surface area contributed by atoms with E-state index in [0.717, 1.165) is 4.88 Å². The lowest BCUT2D eigenvalue weighted by Gasteiger charge is -2.15. The molecule has 0 saturated heterocycles. The van der Waals surface area contributed by atoms with Crippen LogP contribution in [0.3, 0.4) is 0 Å². The topological polar surface area (TPSA) is 63.6 Å². The SMILES string of the molecule is O=C(O)CCC(=O)O[C@H](CCCl)c1cccs1. The van der Waals surface area contributed by atoms with Gasteiger partial charge in [-0.05, 0) is 11.4 Å². The molecule has 0 fully saturated rings. The van der Waals surface area contributed by atoms with Crippen LogP contribution < -0.4 is 0 Å². The number of hydrogen-bond donors (Lipinski definition) is 1. The number of esters is 1. The minimum absolute atomic E-state index is 0.112. The number of ether oxygens (including phenoxy) is 1. The summed E-state index contributed by atoms with van der Waals surface area (Å²) in [6.45, 7) is 0. The van der Waals surface area contributed by atoms with Crippen LogP contribution in [0.15, 0.2) is 17.5 Å². The third-order valence-corrected chi connectivity index (χ3v) is 3.23. The highest BCUT2D eigenvalue weighted by molar-refractivity contribution is 7.10. The van der Waals surface area contributed by atoms with Crippen LogP contribution in [0.1, 0.15) is 30.2 Å². The second-order valence-corrected chi connectivity index (χ2v) is 4.72. The van der Waals surface area contributed by atoms with Gasteiger partial charge in [-0.3, -0.25) is 9.59 Å². The van der Waals surface area contributed by atoms with Crippen LogP contribution in [0.5, 0.6) is 0 Å². The molecule has 1 aromatic heterocycles. The zero-order chi connectivity index (χ0) is 12.7. The summed E-state index contributed by atoms with van der Waals surface area (Å²) < 4.78 is 5.21. The van der Waals surface area contributed by atoms with Crippen molar-refractivity contribution >= 4 is 34.9 Å². The van der Waals surface area contributed by atoms with Crippen molar-refractivity contribution in [1.82, 2.24) is 0 Å². The number of carbonyl (C=O) groups excluding carboxylic acids is 1. The third kappa shape index (κ3) is 5.19. The van der Waals surface area contributed by atoms with Crippen molar-refractivity contribution in [2.24, 2.45) is 0 Å². The Labute approximate surface area is 108 Å². The van der Waals surface area contributed by atoms with Gasteiger partial charge in [0.25, 0.3) is 0 Å². The summed E-state index contributed by atoms with van der Waals surface area (Å²) in [4.78, 5) is 22.6. The van der Waals surface area contributed by atoms with Crippen molar-refractivity contribution in [2.45, 2.75) is 25.4 Å². The van der Waals surface area contributed by atoms with Gasteiger partial charge in [-0.2, -0.15) is 0 Å². The fourth-order valence-corrected chi connectivity index (χ4v) is 2.25. The van der Waals surface area contributed by atoms with E-state index in [1.807, 2.05) is 17.5 Å². The van der Waals surface area contributed by atoms with Crippen LogP contribution in [0, 0.1) is 0 Å². The molecule has 1 atom stereocenters. The number of carboxylic acid groups (broad SMARTS) is 1. The van der Waals surface area contributed by atoms with Crippen LogP contribution in [0.2, 0.25) is 0 Å². The smallest absolute Gasteiger partial charge is 0.307 e. The highest BCUT2D eigenvalue weighted by Crippen LogP contribution is 2.26. The number of carboxylic acids is 1. The molecule has 0 saturated carbocycles. The standard InChI is InChI=1S/C11H13ClO4S/c12-6-5-8(9-2-1-7-17-9)16-11(15)4-3-10(13)14/h1-2,7-8H,3-6H2,(H,13,14)/t8-/m1/s1. The monoisotopic (exact) mass is 276 g/mol. The summed E-state index contributed by atoms with van der Waals surface area (Å²) in [6.07, 6.45) is -0.161. The lowest BCUT2D eigenvalue weighted by atomic mass is 10.2.